The van der Waals surface area contributed by atoms with Crippen LogP contribution >= 0.6 is 23.2 Å². The number of fused-ring (bicyclic) bond motifs is 1. The van der Waals surface area contributed by atoms with Crippen LogP contribution in [0.1, 0.15) is 34.5 Å². The number of rotatable bonds is 5. The molecule has 0 saturated carbocycles. The molecule has 178 valence electrons. The second-order valence-electron chi connectivity index (χ2n) is 8.33. The first-order chi connectivity index (χ1) is 16.8. The monoisotopic (exact) mass is 524 g/mol. The van der Waals surface area contributed by atoms with Crippen molar-refractivity contribution in [1.29, 1.82) is 0 Å². The van der Waals surface area contributed by atoms with E-state index in [1.807, 2.05) is 55.5 Å². The SMILES string of the molecule is Cc1ccc(S(=O)(=O)NN2C(c3ccccc3)Oc3ccc(Cl)cc3[C@@H]2c2ccc(Cl)cc2)cc1. The summed E-state index contributed by atoms with van der Waals surface area (Å²) in [6, 6.07) is 28.3. The van der Waals surface area contributed by atoms with Crippen LogP contribution in [0.15, 0.2) is 102 Å². The van der Waals surface area contributed by atoms with Crippen molar-refractivity contribution in [2.45, 2.75) is 24.1 Å². The van der Waals surface area contributed by atoms with Crippen LogP contribution in [0, 0.1) is 6.92 Å². The van der Waals surface area contributed by atoms with Gasteiger partial charge in [-0.2, -0.15) is 5.01 Å². The van der Waals surface area contributed by atoms with Crippen molar-refractivity contribution in [3.63, 3.8) is 0 Å². The van der Waals surface area contributed by atoms with Crippen LogP contribution in [0.25, 0.3) is 0 Å². The average molecular weight is 525 g/mol. The molecule has 4 aromatic carbocycles. The van der Waals surface area contributed by atoms with Crippen LogP contribution in [0.2, 0.25) is 10.0 Å². The van der Waals surface area contributed by atoms with Gasteiger partial charge in [-0.25, -0.2) is 8.42 Å². The Morgan fingerprint density at radius 2 is 1.46 bits per heavy atom. The van der Waals surface area contributed by atoms with Crippen molar-refractivity contribution < 1.29 is 13.2 Å². The Morgan fingerprint density at radius 1 is 0.800 bits per heavy atom. The topological polar surface area (TPSA) is 58.6 Å². The largest absolute Gasteiger partial charge is 0.469 e. The van der Waals surface area contributed by atoms with Crippen LogP contribution < -0.4 is 9.57 Å². The molecule has 5 nitrogen and oxygen atoms in total. The van der Waals surface area contributed by atoms with E-state index < -0.39 is 22.3 Å². The highest BCUT2D eigenvalue weighted by atomic mass is 35.5. The van der Waals surface area contributed by atoms with Gasteiger partial charge in [-0.3, -0.25) is 0 Å². The summed E-state index contributed by atoms with van der Waals surface area (Å²) in [6.45, 7) is 1.91. The normalized spacial score (nSPS) is 18.0. The Balaban J connectivity index is 1.69. The fraction of sp³-hybridized carbons (Fsp3) is 0.111. The number of nitrogens with one attached hydrogen (secondary N) is 1. The summed E-state index contributed by atoms with van der Waals surface area (Å²) >= 11 is 12.5. The molecule has 1 aliphatic rings. The van der Waals surface area contributed by atoms with Crippen LogP contribution in [0.4, 0.5) is 0 Å². The fourth-order valence-corrected chi connectivity index (χ4v) is 5.53. The lowest BCUT2D eigenvalue weighted by atomic mass is 9.95. The number of nitrogens with zero attached hydrogens (tertiary/aromatic N) is 1. The number of halogens is 2. The first-order valence-corrected chi connectivity index (χ1v) is 13.2. The number of ether oxygens (including phenoxy) is 1. The number of hydrogen-bond acceptors (Lipinski definition) is 4. The zero-order chi connectivity index (χ0) is 24.6. The van der Waals surface area contributed by atoms with Gasteiger partial charge in [0, 0.05) is 21.2 Å². The molecular formula is C27H22Cl2N2O3S. The van der Waals surface area contributed by atoms with E-state index in [2.05, 4.69) is 4.83 Å². The molecule has 1 heterocycles. The molecule has 8 heteroatoms. The maximum Gasteiger partial charge on any atom is 0.253 e. The molecule has 5 rings (SSSR count). The molecule has 0 amide bonds. The third-order valence-corrected chi connectivity index (χ3v) is 7.69. The minimum atomic E-state index is -3.94. The molecule has 1 aliphatic heterocycles. The molecule has 1 unspecified atom stereocenters. The van der Waals surface area contributed by atoms with Crippen molar-refractivity contribution in [2.75, 3.05) is 0 Å². The Kier molecular flexibility index (Phi) is 6.57. The van der Waals surface area contributed by atoms with E-state index in [1.54, 1.807) is 53.5 Å². The number of sulfonamides is 1. The maximum absolute atomic E-state index is 13.5. The summed E-state index contributed by atoms with van der Waals surface area (Å²) in [5.74, 6) is 0.619. The van der Waals surface area contributed by atoms with E-state index in [0.29, 0.717) is 15.8 Å². The van der Waals surface area contributed by atoms with E-state index in [-0.39, 0.29) is 4.90 Å². The van der Waals surface area contributed by atoms with E-state index in [1.165, 1.54) is 0 Å². The van der Waals surface area contributed by atoms with Gasteiger partial charge < -0.3 is 4.74 Å². The highest BCUT2D eigenvalue weighted by Gasteiger charge is 2.40. The van der Waals surface area contributed by atoms with Gasteiger partial charge in [0.1, 0.15) is 5.75 Å². The van der Waals surface area contributed by atoms with Gasteiger partial charge in [0.15, 0.2) is 6.23 Å². The third kappa shape index (κ3) is 4.94. The van der Waals surface area contributed by atoms with Crippen molar-refractivity contribution in [3.8, 4) is 5.75 Å². The molecule has 2 atom stereocenters. The molecule has 0 aromatic heterocycles. The number of aryl methyl sites for hydroxylation is 1. The molecule has 0 bridgehead atoms. The predicted molar refractivity (Wildman–Crippen MR) is 138 cm³/mol. The standard InChI is InChI=1S/C27H22Cl2N2O3S/c1-18-7-14-23(15-8-18)35(32,33)30-31-26(19-9-11-21(28)12-10-19)24-17-22(29)13-16-25(24)34-27(31)20-5-3-2-4-6-20/h2-17,26-27,30H,1H3/t26-,27?/m0/s1. The molecule has 0 radical (unpaired) electrons. The van der Waals surface area contributed by atoms with Gasteiger partial charge in [-0.15, -0.1) is 4.83 Å². The van der Waals surface area contributed by atoms with Gasteiger partial charge in [0.25, 0.3) is 10.0 Å². The van der Waals surface area contributed by atoms with Crippen molar-refractivity contribution in [2.24, 2.45) is 0 Å². The van der Waals surface area contributed by atoms with Crippen LogP contribution in [0.3, 0.4) is 0 Å². The zero-order valence-corrected chi connectivity index (χ0v) is 21.1. The van der Waals surface area contributed by atoms with E-state index in [0.717, 1.165) is 22.3 Å². The third-order valence-electron chi connectivity index (χ3n) is 5.86. The molecule has 4 aromatic rings. The molecule has 0 spiro atoms. The molecule has 35 heavy (non-hydrogen) atoms. The minimum absolute atomic E-state index is 0.154. The smallest absolute Gasteiger partial charge is 0.253 e. The van der Waals surface area contributed by atoms with Gasteiger partial charge >= 0.3 is 0 Å². The first-order valence-electron chi connectivity index (χ1n) is 11.0. The van der Waals surface area contributed by atoms with Gasteiger partial charge in [0.2, 0.25) is 0 Å². The second kappa shape index (κ2) is 9.64. The molecule has 0 saturated heterocycles. The van der Waals surface area contributed by atoms with E-state index in [9.17, 15) is 8.42 Å². The average Bonchev–Trinajstić information content (AvgIpc) is 2.85. The molecule has 0 fully saturated rings. The second-order valence-corrected chi connectivity index (χ2v) is 10.9. The number of hydrazine groups is 1. The summed E-state index contributed by atoms with van der Waals surface area (Å²) < 4.78 is 33.5. The summed E-state index contributed by atoms with van der Waals surface area (Å²) in [7, 11) is -3.94. The molecule has 1 N–H and O–H groups in total. The van der Waals surface area contributed by atoms with Crippen LogP contribution in [-0.2, 0) is 10.0 Å². The fourth-order valence-electron chi connectivity index (χ4n) is 4.14. The van der Waals surface area contributed by atoms with Gasteiger partial charge in [-0.05, 0) is 55.0 Å². The Morgan fingerprint density at radius 3 is 2.14 bits per heavy atom. The Labute approximate surface area is 214 Å². The summed E-state index contributed by atoms with van der Waals surface area (Å²) in [6.07, 6.45) is -0.745. The van der Waals surface area contributed by atoms with Gasteiger partial charge in [-0.1, -0.05) is 83.4 Å². The highest BCUT2D eigenvalue weighted by Crippen LogP contribution is 2.45. The molecule has 0 aliphatic carbocycles. The number of benzene rings is 4. The quantitative estimate of drug-likeness (QED) is 0.316. The van der Waals surface area contributed by atoms with Crippen molar-refractivity contribution in [1.82, 2.24) is 9.84 Å². The molecular weight excluding hydrogens is 503 g/mol. The summed E-state index contributed by atoms with van der Waals surface area (Å²) in [4.78, 5) is 2.96. The van der Waals surface area contributed by atoms with Crippen molar-refractivity contribution >= 4 is 33.2 Å². The Bertz CT molecular complexity index is 1440. The van der Waals surface area contributed by atoms with Crippen LogP contribution in [-0.4, -0.2) is 13.4 Å². The van der Waals surface area contributed by atoms with E-state index >= 15 is 0 Å². The Hall–Kier alpha value is -2.87. The van der Waals surface area contributed by atoms with Crippen LogP contribution in [0.5, 0.6) is 5.75 Å². The maximum atomic E-state index is 13.5. The predicted octanol–water partition coefficient (Wildman–Crippen LogP) is 6.68. The lowest BCUT2D eigenvalue weighted by molar-refractivity contribution is -0.0368. The van der Waals surface area contributed by atoms with Gasteiger partial charge in [0.05, 0.1) is 10.9 Å². The lowest BCUT2D eigenvalue weighted by Gasteiger charge is -2.43. The summed E-state index contributed by atoms with van der Waals surface area (Å²) in [5.41, 5.74) is 3.32. The highest BCUT2D eigenvalue weighted by molar-refractivity contribution is 7.89. The van der Waals surface area contributed by atoms with E-state index in [4.69, 9.17) is 27.9 Å². The van der Waals surface area contributed by atoms with Crippen molar-refractivity contribution in [3.05, 3.63) is 129 Å². The first kappa shape index (κ1) is 23.9. The lowest BCUT2D eigenvalue weighted by Crippen LogP contribution is -2.50. The number of hydrogen-bond donors (Lipinski definition) is 1. The minimum Gasteiger partial charge on any atom is -0.469 e. The summed E-state index contributed by atoms with van der Waals surface area (Å²) in [5, 5.41) is 2.72. The zero-order valence-electron chi connectivity index (χ0n) is 18.7.